The quantitative estimate of drug-likeness (QED) is 0.758. The Balaban J connectivity index is 3.28. The largest absolute Gasteiger partial charge is 0.244 e. The van der Waals surface area contributed by atoms with Gasteiger partial charge in [-0.05, 0) is 30.7 Å². The van der Waals surface area contributed by atoms with E-state index in [4.69, 9.17) is 15.8 Å². The smallest absolute Gasteiger partial charge is 0.207 e. The van der Waals surface area contributed by atoms with Crippen LogP contribution in [0.25, 0.3) is 0 Å². The second-order valence-electron chi connectivity index (χ2n) is 3.68. The first-order valence-electron chi connectivity index (χ1n) is 5.22. The summed E-state index contributed by atoms with van der Waals surface area (Å²) >= 11 is 0. The van der Waals surface area contributed by atoms with E-state index in [9.17, 15) is 8.42 Å². The first-order valence-corrected chi connectivity index (χ1v) is 6.66. The van der Waals surface area contributed by atoms with E-state index in [-0.39, 0.29) is 4.90 Å². The second kappa shape index (κ2) is 5.97. The topological polar surface area (TPSA) is 109 Å². The van der Waals surface area contributed by atoms with Crippen LogP contribution in [0, 0.1) is 40.9 Å². The zero-order valence-electron chi connectivity index (χ0n) is 10.2. The highest BCUT2D eigenvalue weighted by Gasteiger charge is 2.24. The summed E-state index contributed by atoms with van der Waals surface area (Å²) in [6, 6.07) is 9.41. The number of aryl methyl sites for hydroxylation is 1. The number of nitrogens with zero attached hydrogens (tertiary/aromatic N) is 4. The molecule has 0 aliphatic carbocycles. The predicted octanol–water partition coefficient (Wildman–Crippen LogP) is 0.905. The van der Waals surface area contributed by atoms with Gasteiger partial charge in [0.1, 0.15) is 13.1 Å². The number of sulfonamides is 1. The highest BCUT2D eigenvalue weighted by Crippen LogP contribution is 2.18. The number of hydrogen-bond donors (Lipinski definition) is 0. The van der Waals surface area contributed by atoms with Crippen LogP contribution >= 0.6 is 0 Å². The summed E-state index contributed by atoms with van der Waals surface area (Å²) in [6.45, 7) is 0.834. The minimum absolute atomic E-state index is 0.0329. The lowest BCUT2D eigenvalue weighted by atomic mass is 10.1. The summed E-state index contributed by atoms with van der Waals surface area (Å²) in [5, 5.41) is 26.0. The molecule has 0 heterocycles. The number of hydrogen-bond acceptors (Lipinski definition) is 5. The molecule has 0 aromatic heterocycles. The molecule has 0 radical (unpaired) electrons. The molecular weight excluding hydrogens is 264 g/mol. The number of benzene rings is 1. The Morgan fingerprint density at radius 3 is 2.16 bits per heavy atom. The Labute approximate surface area is 111 Å². The summed E-state index contributed by atoms with van der Waals surface area (Å²) in [4.78, 5) is -0.0329. The van der Waals surface area contributed by atoms with Gasteiger partial charge in [0.15, 0.2) is 0 Å². The lowest BCUT2D eigenvalue weighted by Gasteiger charge is -2.16. The van der Waals surface area contributed by atoms with Gasteiger partial charge in [-0.2, -0.15) is 20.1 Å². The van der Waals surface area contributed by atoms with E-state index in [1.807, 2.05) is 6.07 Å². The monoisotopic (exact) mass is 274 g/mol. The normalized spacial score (nSPS) is 10.5. The summed E-state index contributed by atoms with van der Waals surface area (Å²) in [6.07, 6.45) is 0. The molecule has 0 saturated carbocycles. The van der Waals surface area contributed by atoms with Crippen LogP contribution in [0.4, 0.5) is 0 Å². The van der Waals surface area contributed by atoms with Crippen LogP contribution < -0.4 is 0 Å². The van der Waals surface area contributed by atoms with Gasteiger partial charge in [-0.15, -0.1) is 0 Å². The summed E-state index contributed by atoms with van der Waals surface area (Å²) in [7, 11) is -3.89. The van der Waals surface area contributed by atoms with Crippen molar-refractivity contribution in [1.29, 1.82) is 15.8 Å². The average Bonchev–Trinajstić information content (AvgIpc) is 2.38. The van der Waals surface area contributed by atoms with Crippen molar-refractivity contribution in [1.82, 2.24) is 4.31 Å². The fourth-order valence-corrected chi connectivity index (χ4v) is 2.77. The Kier molecular flexibility index (Phi) is 4.61. The summed E-state index contributed by atoms with van der Waals surface area (Å²) in [5.74, 6) is 0. The van der Waals surface area contributed by atoms with Gasteiger partial charge in [-0.3, -0.25) is 0 Å². The fourth-order valence-electron chi connectivity index (χ4n) is 1.45. The van der Waals surface area contributed by atoms with Crippen LogP contribution in [0.3, 0.4) is 0 Å². The van der Waals surface area contributed by atoms with Crippen molar-refractivity contribution in [3.05, 3.63) is 29.3 Å². The van der Waals surface area contributed by atoms with Gasteiger partial charge in [-0.1, -0.05) is 0 Å². The van der Waals surface area contributed by atoms with Crippen LogP contribution in [0.5, 0.6) is 0 Å². The highest BCUT2D eigenvalue weighted by atomic mass is 32.2. The third-order valence-corrected chi connectivity index (χ3v) is 4.24. The van der Waals surface area contributed by atoms with Gasteiger partial charge in [-0.25, -0.2) is 8.42 Å². The third-order valence-electron chi connectivity index (χ3n) is 2.45. The molecule has 7 heteroatoms. The molecule has 0 spiro atoms. The third kappa shape index (κ3) is 3.08. The number of rotatable bonds is 4. The molecule has 0 saturated heterocycles. The molecule has 1 rings (SSSR count). The average molecular weight is 274 g/mol. The summed E-state index contributed by atoms with van der Waals surface area (Å²) < 4.78 is 25.2. The molecule has 96 valence electrons. The SMILES string of the molecule is Cc1cc(S(=O)(=O)N(CC#N)CC#N)ccc1C#N. The van der Waals surface area contributed by atoms with Crippen LogP contribution in [0.2, 0.25) is 0 Å². The molecule has 6 nitrogen and oxygen atoms in total. The molecule has 0 amide bonds. The Bertz CT molecular complexity index is 689. The van der Waals surface area contributed by atoms with E-state index >= 15 is 0 Å². The predicted molar refractivity (Wildman–Crippen MR) is 65.9 cm³/mol. The van der Waals surface area contributed by atoms with E-state index in [0.717, 1.165) is 4.31 Å². The van der Waals surface area contributed by atoms with Gasteiger partial charge in [0.05, 0.1) is 28.7 Å². The van der Waals surface area contributed by atoms with Crippen LogP contribution in [0.15, 0.2) is 23.1 Å². The fraction of sp³-hybridized carbons (Fsp3) is 0.250. The first-order chi connectivity index (χ1) is 8.97. The van der Waals surface area contributed by atoms with Gasteiger partial charge in [0, 0.05) is 0 Å². The minimum atomic E-state index is -3.89. The molecule has 1 aromatic rings. The Morgan fingerprint density at radius 2 is 1.74 bits per heavy atom. The molecule has 0 atom stereocenters. The molecule has 19 heavy (non-hydrogen) atoms. The maximum atomic E-state index is 12.2. The van der Waals surface area contributed by atoms with E-state index in [0.29, 0.717) is 11.1 Å². The van der Waals surface area contributed by atoms with Crippen molar-refractivity contribution in [3.8, 4) is 18.2 Å². The van der Waals surface area contributed by atoms with Crippen LogP contribution in [0.1, 0.15) is 11.1 Å². The van der Waals surface area contributed by atoms with Crippen molar-refractivity contribution in [2.45, 2.75) is 11.8 Å². The molecular formula is C12H10N4O2S. The molecule has 0 aliphatic heterocycles. The minimum Gasteiger partial charge on any atom is -0.207 e. The van der Waals surface area contributed by atoms with E-state index in [1.165, 1.54) is 18.2 Å². The first kappa shape index (κ1) is 14.7. The van der Waals surface area contributed by atoms with Gasteiger partial charge in [0.25, 0.3) is 0 Å². The standard InChI is InChI=1S/C12H10N4O2S/c1-10-8-12(3-2-11(10)9-15)19(17,18)16(6-4-13)7-5-14/h2-3,8H,6-7H2,1H3. The van der Waals surface area contributed by atoms with Crippen molar-refractivity contribution >= 4 is 10.0 Å². The lowest BCUT2D eigenvalue weighted by Crippen LogP contribution is -2.31. The molecule has 0 unspecified atom stereocenters. The van der Waals surface area contributed by atoms with E-state index in [1.54, 1.807) is 19.1 Å². The van der Waals surface area contributed by atoms with Gasteiger partial charge < -0.3 is 0 Å². The van der Waals surface area contributed by atoms with E-state index < -0.39 is 23.1 Å². The van der Waals surface area contributed by atoms with Crippen molar-refractivity contribution < 1.29 is 8.42 Å². The zero-order valence-corrected chi connectivity index (χ0v) is 11.0. The zero-order chi connectivity index (χ0) is 14.5. The maximum Gasteiger partial charge on any atom is 0.244 e. The van der Waals surface area contributed by atoms with Crippen molar-refractivity contribution in [3.63, 3.8) is 0 Å². The molecule has 0 fully saturated rings. The van der Waals surface area contributed by atoms with Crippen LogP contribution in [-0.4, -0.2) is 25.8 Å². The second-order valence-corrected chi connectivity index (χ2v) is 5.62. The summed E-state index contributed by atoms with van der Waals surface area (Å²) in [5.41, 5.74) is 0.906. The van der Waals surface area contributed by atoms with Crippen molar-refractivity contribution in [2.24, 2.45) is 0 Å². The van der Waals surface area contributed by atoms with E-state index in [2.05, 4.69) is 0 Å². The molecule has 0 N–H and O–H groups in total. The number of nitriles is 3. The lowest BCUT2D eigenvalue weighted by molar-refractivity contribution is 0.479. The Morgan fingerprint density at radius 1 is 1.16 bits per heavy atom. The van der Waals surface area contributed by atoms with Gasteiger partial charge in [0.2, 0.25) is 10.0 Å². The van der Waals surface area contributed by atoms with Gasteiger partial charge >= 0.3 is 0 Å². The molecule has 0 aliphatic rings. The van der Waals surface area contributed by atoms with Crippen molar-refractivity contribution in [2.75, 3.05) is 13.1 Å². The molecule has 0 bridgehead atoms. The van der Waals surface area contributed by atoms with Crippen LogP contribution in [-0.2, 0) is 10.0 Å². The highest BCUT2D eigenvalue weighted by molar-refractivity contribution is 7.89. The maximum absolute atomic E-state index is 12.2. The molecule has 1 aromatic carbocycles. The Hall–Kier alpha value is -2.40.